The Labute approximate surface area is 197 Å². The smallest absolute Gasteiger partial charge is 0.277 e. The van der Waals surface area contributed by atoms with Crippen molar-refractivity contribution in [2.45, 2.75) is 38.7 Å². The Bertz CT molecular complexity index is 1070. The van der Waals surface area contributed by atoms with Gasteiger partial charge < -0.3 is 23.4 Å². The number of carbonyl (C=O) groups excluding carboxylic acids is 1. The highest BCUT2D eigenvalue weighted by Gasteiger charge is 2.19. The maximum absolute atomic E-state index is 11.7. The van der Waals surface area contributed by atoms with E-state index in [9.17, 15) is 4.79 Å². The van der Waals surface area contributed by atoms with Crippen molar-refractivity contribution in [3.8, 4) is 34.5 Å². The van der Waals surface area contributed by atoms with Gasteiger partial charge in [0.05, 0.1) is 26.9 Å². The molecule has 0 amide bonds. The van der Waals surface area contributed by atoms with Crippen LogP contribution in [0.5, 0.6) is 23.0 Å². The third-order valence-corrected chi connectivity index (χ3v) is 5.47. The Hall–Kier alpha value is -3.20. The van der Waals surface area contributed by atoms with Gasteiger partial charge in [0.15, 0.2) is 17.3 Å². The molecule has 176 valence electrons. The van der Waals surface area contributed by atoms with Gasteiger partial charge in [-0.2, -0.15) is 0 Å². The van der Waals surface area contributed by atoms with E-state index in [0.717, 1.165) is 5.56 Å². The molecule has 33 heavy (non-hydrogen) atoms. The average Bonchev–Trinajstić information content (AvgIpc) is 3.28. The topological polar surface area (TPSA) is 92.9 Å². The van der Waals surface area contributed by atoms with Crippen molar-refractivity contribution < 1.29 is 28.2 Å². The zero-order valence-electron chi connectivity index (χ0n) is 19.5. The first-order valence-corrected chi connectivity index (χ1v) is 11.7. The Morgan fingerprint density at radius 2 is 1.61 bits per heavy atom. The van der Waals surface area contributed by atoms with E-state index in [0.29, 0.717) is 70.8 Å². The molecule has 3 rings (SSSR count). The van der Waals surface area contributed by atoms with Crippen LogP contribution in [0.3, 0.4) is 0 Å². The van der Waals surface area contributed by atoms with Gasteiger partial charge in [0, 0.05) is 22.4 Å². The van der Waals surface area contributed by atoms with Crippen molar-refractivity contribution in [1.29, 1.82) is 0 Å². The molecule has 1 aromatic heterocycles. The van der Waals surface area contributed by atoms with Gasteiger partial charge >= 0.3 is 0 Å². The van der Waals surface area contributed by atoms with Crippen LogP contribution in [0, 0.1) is 0 Å². The van der Waals surface area contributed by atoms with Crippen LogP contribution in [-0.4, -0.2) is 42.9 Å². The second kappa shape index (κ2) is 11.6. The Balaban J connectivity index is 1.85. The molecule has 0 aliphatic carbocycles. The highest BCUT2D eigenvalue weighted by Crippen LogP contribution is 2.42. The van der Waals surface area contributed by atoms with Crippen molar-refractivity contribution in [2.24, 2.45) is 0 Å². The van der Waals surface area contributed by atoms with Gasteiger partial charge in [0.25, 0.3) is 5.22 Å². The van der Waals surface area contributed by atoms with E-state index >= 15 is 0 Å². The highest BCUT2D eigenvalue weighted by atomic mass is 32.2. The summed E-state index contributed by atoms with van der Waals surface area (Å²) in [7, 11) is 1.60. The molecule has 2 aromatic carbocycles. The third-order valence-electron chi connectivity index (χ3n) is 4.60. The number of ether oxygens (including phenoxy) is 4. The lowest BCUT2D eigenvalue weighted by Crippen LogP contribution is -2.03. The molecule has 0 spiro atoms. The van der Waals surface area contributed by atoms with E-state index < -0.39 is 0 Å². The normalized spacial score (nSPS) is 10.7. The van der Waals surface area contributed by atoms with E-state index in [4.69, 9.17) is 23.4 Å². The molecule has 0 saturated heterocycles. The first kappa shape index (κ1) is 24.4. The van der Waals surface area contributed by atoms with E-state index in [-0.39, 0.29) is 5.78 Å². The van der Waals surface area contributed by atoms with Gasteiger partial charge in [-0.05, 0) is 58.0 Å². The molecule has 0 fully saturated rings. The molecule has 0 saturated carbocycles. The summed E-state index contributed by atoms with van der Waals surface area (Å²) < 4.78 is 28.6. The summed E-state index contributed by atoms with van der Waals surface area (Å²) in [6.45, 7) is 8.67. The maximum Gasteiger partial charge on any atom is 0.277 e. The minimum absolute atomic E-state index is 0.00492. The number of ketones is 1. The van der Waals surface area contributed by atoms with Gasteiger partial charge in [-0.15, -0.1) is 10.2 Å². The van der Waals surface area contributed by atoms with Gasteiger partial charge in [-0.3, -0.25) is 4.79 Å². The molecule has 0 aliphatic rings. The molecular formula is C24H28N2O6S. The molecule has 3 aromatic rings. The number of hydrogen-bond acceptors (Lipinski definition) is 9. The Kier molecular flexibility index (Phi) is 8.59. The number of aromatic nitrogens is 2. The first-order chi connectivity index (χ1) is 16.0. The Morgan fingerprint density at radius 3 is 2.18 bits per heavy atom. The van der Waals surface area contributed by atoms with Crippen molar-refractivity contribution in [3.63, 3.8) is 0 Å². The molecule has 0 atom stereocenters. The number of nitrogens with zero attached hydrogens (tertiary/aromatic N) is 2. The van der Waals surface area contributed by atoms with Crippen LogP contribution in [0.15, 0.2) is 40.0 Å². The van der Waals surface area contributed by atoms with Crippen molar-refractivity contribution >= 4 is 17.5 Å². The van der Waals surface area contributed by atoms with Crippen LogP contribution in [0.4, 0.5) is 0 Å². The molecule has 0 unspecified atom stereocenters. The number of hydrogen-bond donors (Lipinski definition) is 0. The summed E-state index contributed by atoms with van der Waals surface area (Å²) in [5.41, 5.74) is 2.16. The number of thioether (sulfide) groups is 1. The lowest BCUT2D eigenvalue weighted by Gasteiger charge is -2.16. The van der Waals surface area contributed by atoms with Crippen LogP contribution in [-0.2, 0) is 5.75 Å². The molecule has 1 heterocycles. The third kappa shape index (κ3) is 5.98. The van der Waals surface area contributed by atoms with E-state index in [2.05, 4.69) is 10.2 Å². The van der Waals surface area contributed by atoms with Crippen molar-refractivity contribution in [1.82, 2.24) is 10.2 Å². The molecular weight excluding hydrogens is 444 g/mol. The summed E-state index contributed by atoms with van der Waals surface area (Å²) in [5, 5.41) is 8.74. The summed E-state index contributed by atoms with van der Waals surface area (Å²) in [4.78, 5) is 11.7. The van der Waals surface area contributed by atoms with Crippen LogP contribution >= 0.6 is 11.8 Å². The second-order valence-corrected chi connectivity index (χ2v) is 7.77. The number of benzene rings is 2. The quantitative estimate of drug-likeness (QED) is 0.252. The summed E-state index contributed by atoms with van der Waals surface area (Å²) in [5.74, 6) is 3.19. The van der Waals surface area contributed by atoms with Crippen molar-refractivity contribution in [2.75, 3.05) is 26.9 Å². The summed E-state index contributed by atoms with van der Waals surface area (Å²) in [6, 6.07) is 8.96. The Morgan fingerprint density at radius 1 is 0.939 bits per heavy atom. The number of Topliss-reactive ketones (excluding diaryl/α,β-unsaturated/α-hetero) is 1. The maximum atomic E-state index is 11.7. The monoisotopic (exact) mass is 472 g/mol. The SMILES string of the molecule is CCOc1cc(-c2nnc(SCc3cc(C(C)=O)ccc3OC)o2)cc(OCC)c1OCC. The zero-order valence-corrected chi connectivity index (χ0v) is 20.3. The lowest BCUT2D eigenvalue weighted by atomic mass is 10.1. The highest BCUT2D eigenvalue weighted by molar-refractivity contribution is 7.98. The molecule has 9 heteroatoms. The fourth-order valence-corrected chi connectivity index (χ4v) is 3.89. The van der Waals surface area contributed by atoms with Gasteiger partial charge in [0.2, 0.25) is 11.6 Å². The average molecular weight is 473 g/mol. The zero-order chi connectivity index (χ0) is 23.8. The lowest BCUT2D eigenvalue weighted by molar-refractivity contribution is 0.101. The predicted octanol–water partition coefficient (Wildman–Crippen LogP) is 5.44. The molecule has 0 radical (unpaired) electrons. The fraction of sp³-hybridized carbons (Fsp3) is 0.375. The van der Waals surface area contributed by atoms with E-state index in [1.165, 1.54) is 18.7 Å². The van der Waals surface area contributed by atoms with E-state index in [1.807, 2.05) is 26.8 Å². The van der Waals surface area contributed by atoms with Gasteiger partial charge in [-0.1, -0.05) is 11.8 Å². The summed E-state index contributed by atoms with van der Waals surface area (Å²) in [6.07, 6.45) is 0. The summed E-state index contributed by atoms with van der Waals surface area (Å²) >= 11 is 1.36. The second-order valence-electron chi connectivity index (χ2n) is 6.85. The molecule has 0 N–H and O–H groups in total. The largest absolute Gasteiger partial charge is 0.496 e. The minimum atomic E-state index is -0.00492. The van der Waals surface area contributed by atoms with Crippen LogP contribution in [0.1, 0.15) is 43.6 Å². The van der Waals surface area contributed by atoms with Gasteiger partial charge in [0.1, 0.15) is 5.75 Å². The number of methoxy groups -OCH3 is 1. The number of rotatable bonds is 12. The minimum Gasteiger partial charge on any atom is -0.496 e. The fourth-order valence-electron chi connectivity index (χ4n) is 3.15. The van der Waals surface area contributed by atoms with E-state index in [1.54, 1.807) is 31.4 Å². The number of carbonyl (C=O) groups is 1. The van der Waals surface area contributed by atoms with Crippen LogP contribution in [0.2, 0.25) is 0 Å². The molecule has 8 nitrogen and oxygen atoms in total. The van der Waals surface area contributed by atoms with Crippen molar-refractivity contribution in [3.05, 3.63) is 41.5 Å². The standard InChI is InChI=1S/C24H28N2O6S/c1-6-29-20-12-17(13-21(30-7-2)22(20)31-8-3)23-25-26-24(32-23)33-14-18-11-16(15(4)27)9-10-19(18)28-5/h9-13H,6-8,14H2,1-5H3. The molecule has 0 aliphatic heterocycles. The predicted molar refractivity (Wildman–Crippen MR) is 126 cm³/mol. The van der Waals surface area contributed by atoms with Crippen LogP contribution in [0.25, 0.3) is 11.5 Å². The van der Waals surface area contributed by atoms with Gasteiger partial charge in [-0.25, -0.2) is 0 Å². The first-order valence-electron chi connectivity index (χ1n) is 10.7. The van der Waals surface area contributed by atoms with Crippen LogP contribution < -0.4 is 18.9 Å². The molecule has 0 bridgehead atoms.